The third-order valence-corrected chi connectivity index (χ3v) is 2.67. The summed E-state index contributed by atoms with van der Waals surface area (Å²) >= 11 is 0. The van der Waals surface area contributed by atoms with Gasteiger partial charge in [-0.15, -0.1) is 0 Å². The van der Waals surface area contributed by atoms with E-state index in [9.17, 15) is 4.79 Å². The Morgan fingerprint density at radius 3 is 2.85 bits per heavy atom. The highest BCUT2D eigenvalue weighted by Gasteiger charge is 2.32. The van der Waals surface area contributed by atoms with Gasteiger partial charge in [0, 0.05) is 18.3 Å². The molecule has 1 aromatic carbocycles. The monoisotopic (exact) mass is 177 g/mol. The number of aryl methyl sites for hydroxylation is 1. The van der Waals surface area contributed by atoms with Gasteiger partial charge in [0.1, 0.15) is 0 Å². The summed E-state index contributed by atoms with van der Waals surface area (Å²) in [5, 5.41) is 0. The second-order valence-electron chi connectivity index (χ2n) is 3.44. The second kappa shape index (κ2) is 2.59. The lowest BCUT2D eigenvalue weighted by Gasteiger charge is -2.16. The molecule has 68 valence electrons. The highest BCUT2D eigenvalue weighted by molar-refractivity contribution is 6.11. The number of benzene rings is 1. The van der Waals surface area contributed by atoms with Crippen LogP contribution in [0.15, 0.2) is 18.2 Å². The zero-order chi connectivity index (χ0) is 10.5. The van der Waals surface area contributed by atoms with Crippen LogP contribution in [0.25, 0.3) is 0 Å². The van der Waals surface area contributed by atoms with Crippen molar-refractivity contribution < 1.29 is 6.17 Å². The van der Waals surface area contributed by atoms with E-state index in [1.165, 1.54) is 0 Å². The van der Waals surface area contributed by atoms with Gasteiger partial charge in [-0.2, -0.15) is 0 Å². The molecule has 0 aliphatic carbocycles. The van der Waals surface area contributed by atoms with Crippen molar-refractivity contribution >= 4 is 11.5 Å². The lowest BCUT2D eigenvalue weighted by Crippen LogP contribution is -2.28. The highest BCUT2D eigenvalue weighted by atomic mass is 16.1. The number of nitrogens with zero attached hydrogens (tertiary/aromatic N) is 1. The summed E-state index contributed by atoms with van der Waals surface area (Å²) in [5.74, 6) is -0.104. The Morgan fingerprint density at radius 1 is 1.54 bits per heavy atom. The summed E-state index contributed by atoms with van der Waals surface area (Å²) < 4.78 is 7.96. The number of Topliss-reactive ketones (excluding diaryl/α,β-unsaturated/α-hetero) is 1. The molecule has 13 heavy (non-hydrogen) atoms. The molecule has 2 rings (SSSR count). The first-order valence-electron chi connectivity index (χ1n) is 4.84. The summed E-state index contributed by atoms with van der Waals surface area (Å²) in [6, 6.07) is 4.57. The van der Waals surface area contributed by atoms with E-state index in [-0.39, 0.29) is 5.78 Å². The average Bonchev–Trinajstić information content (AvgIpc) is 2.30. The van der Waals surface area contributed by atoms with Crippen molar-refractivity contribution in [2.45, 2.75) is 19.9 Å². The number of anilines is 1. The van der Waals surface area contributed by atoms with E-state index in [1.54, 1.807) is 18.9 Å². The molecule has 1 aromatic rings. The van der Waals surface area contributed by atoms with Gasteiger partial charge in [0.2, 0.25) is 0 Å². The van der Waals surface area contributed by atoms with Crippen LogP contribution in [0.3, 0.4) is 0 Å². The molecule has 1 heterocycles. The predicted molar refractivity (Wildman–Crippen MR) is 53.4 cm³/mol. The molecule has 1 unspecified atom stereocenters. The number of likely N-dealkylation sites (N-methyl/N-ethyl adjacent to an activating group) is 1. The zero-order valence-corrected chi connectivity index (χ0v) is 8.09. The first kappa shape index (κ1) is 7.13. The summed E-state index contributed by atoms with van der Waals surface area (Å²) in [6.07, 6.45) is 0. The smallest absolute Gasteiger partial charge is 0.187 e. The predicted octanol–water partition coefficient (Wildman–Crippen LogP) is 2.02. The molecule has 1 aliphatic rings. The molecule has 0 radical (unpaired) electrons. The van der Waals surface area contributed by atoms with Crippen molar-refractivity contribution in [3.63, 3.8) is 0 Å². The van der Waals surface area contributed by atoms with E-state index >= 15 is 0 Å². The Balaban J connectivity index is 2.71. The number of fused-ring (bicyclic) bond motifs is 1. The Kier molecular flexibility index (Phi) is 1.42. The Labute approximate surface area is 79.6 Å². The molecule has 0 fully saturated rings. The number of carbonyl (C=O) groups excluding carboxylic acids is 1. The molecule has 0 saturated carbocycles. The van der Waals surface area contributed by atoms with Crippen LogP contribution in [0.2, 0.25) is 0 Å². The minimum absolute atomic E-state index is 0.104. The number of rotatable bonds is 0. The van der Waals surface area contributed by atoms with Crippen LogP contribution in [0.4, 0.5) is 5.69 Å². The number of hydrogen-bond donors (Lipinski definition) is 0. The van der Waals surface area contributed by atoms with Gasteiger partial charge in [0.25, 0.3) is 0 Å². The van der Waals surface area contributed by atoms with Crippen LogP contribution < -0.4 is 4.90 Å². The maximum atomic E-state index is 11.9. The van der Waals surface area contributed by atoms with Gasteiger partial charge in [0.05, 0.1) is 7.39 Å². The van der Waals surface area contributed by atoms with Crippen LogP contribution in [0, 0.1) is 6.92 Å². The van der Waals surface area contributed by atoms with E-state index in [1.807, 2.05) is 25.1 Å². The first-order chi connectivity index (χ1) is 6.46. The Hall–Kier alpha value is -1.31. The number of hydrogen-bond acceptors (Lipinski definition) is 2. The maximum Gasteiger partial charge on any atom is 0.187 e. The summed E-state index contributed by atoms with van der Waals surface area (Å²) in [4.78, 5) is 13.6. The van der Waals surface area contributed by atoms with Gasteiger partial charge in [-0.25, -0.2) is 0 Å². The van der Waals surface area contributed by atoms with E-state index in [0.717, 1.165) is 11.3 Å². The molecule has 0 spiro atoms. The van der Waals surface area contributed by atoms with Crippen molar-refractivity contribution in [3.8, 4) is 0 Å². The van der Waals surface area contributed by atoms with E-state index < -0.39 is 6.02 Å². The van der Waals surface area contributed by atoms with Crippen LogP contribution in [0.1, 0.15) is 24.2 Å². The number of ketones is 1. The normalized spacial score (nSPS) is 27.5. The SMILES string of the molecule is [3H]C1(C)C(=O)c2c(C)cccc2N1C. The molecular weight excluding hydrogens is 162 g/mol. The molecule has 0 bridgehead atoms. The largest absolute Gasteiger partial charge is 0.364 e. The van der Waals surface area contributed by atoms with E-state index in [2.05, 4.69) is 0 Å². The van der Waals surface area contributed by atoms with Gasteiger partial charge < -0.3 is 4.90 Å². The third kappa shape index (κ3) is 0.981. The molecule has 0 amide bonds. The standard InChI is InChI=1S/C11H13NO/c1-7-5-4-6-9-10(7)11(13)8(2)12(9)3/h4-6,8H,1-3H3/i8T. The summed E-state index contributed by atoms with van der Waals surface area (Å²) in [5.41, 5.74) is 2.52. The zero-order valence-electron chi connectivity index (χ0n) is 9.09. The molecule has 1 aliphatic heterocycles. The van der Waals surface area contributed by atoms with Crippen molar-refractivity contribution in [3.05, 3.63) is 29.3 Å². The Morgan fingerprint density at radius 2 is 2.23 bits per heavy atom. The van der Waals surface area contributed by atoms with Crippen molar-refractivity contribution in [1.29, 1.82) is 0 Å². The van der Waals surface area contributed by atoms with Gasteiger partial charge in [-0.3, -0.25) is 4.79 Å². The van der Waals surface area contributed by atoms with Gasteiger partial charge in [-0.05, 0) is 25.5 Å². The molecule has 0 saturated heterocycles. The summed E-state index contributed by atoms with van der Waals surface area (Å²) in [7, 11) is 1.79. The fourth-order valence-electron chi connectivity index (χ4n) is 1.74. The summed E-state index contributed by atoms with van der Waals surface area (Å²) in [6.45, 7) is 3.54. The molecule has 2 heteroatoms. The average molecular weight is 177 g/mol. The maximum absolute atomic E-state index is 11.9. The minimum atomic E-state index is -1.14. The molecule has 0 N–H and O–H groups in total. The quantitative estimate of drug-likeness (QED) is 0.604. The molecule has 2 nitrogen and oxygen atoms in total. The second-order valence-corrected chi connectivity index (χ2v) is 3.44. The molecule has 1 atom stereocenters. The van der Waals surface area contributed by atoms with E-state index in [4.69, 9.17) is 1.37 Å². The van der Waals surface area contributed by atoms with Gasteiger partial charge in [-0.1, -0.05) is 12.1 Å². The van der Waals surface area contributed by atoms with E-state index in [0.29, 0.717) is 5.56 Å². The van der Waals surface area contributed by atoms with Crippen LogP contribution in [0.5, 0.6) is 0 Å². The van der Waals surface area contributed by atoms with Crippen molar-refractivity contribution in [2.24, 2.45) is 0 Å². The van der Waals surface area contributed by atoms with Crippen LogP contribution >= 0.6 is 0 Å². The highest BCUT2D eigenvalue weighted by Crippen LogP contribution is 2.32. The van der Waals surface area contributed by atoms with Gasteiger partial charge in [0.15, 0.2) is 5.78 Å². The van der Waals surface area contributed by atoms with Crippen LogP contribution in [-0.2, 0) is 0 Å². The van der Waals surface area contributed by atoms with Crippen LogP contribution in [-0.4, -0.2) is 18.8 Å². The minimum Gasteiger partial charge on any atom is -0.364 e. The third-order valence-electron chi connectivity index (χ3n) is 2.67. The lowest BCUT2D eigenvalue weighted by molar-refractivity contribution is 0.0978. The van der Waals surface area contributed by atoms with Crippen molar-refractivity contribution in [1.82, 2.24) is 0 Å². The van der Waals surface area contributed by atoms with Gasteiger partial charge >= 0.3 is 0 Å². The topological polar surface area (TPSA) is 20.3 Å². The fraction of sp³-hybridized carbons (Fsp3) is 0.364. The Bertz CT molecular complexity index is 412. The molecule has 0 aromatic heterocycles. The fourth-order valence-corrected chi connectivity index (χ4v) is 1.74. The number of carbonyl (C=O) groups is 1. The van der Waals surface area contributed by atoms with Crippen molar-refractivity contribution in [2.75, 3.05) is 11.9 Å². The lowest BCUT2D eigenvalue weighted by atomic mass is 10.0. The first-order valence-corrected chi connectivity index (χ1v) is 4.34. The molecular formula is C11H13NO.